The van der Waals surface area contributed by atoms with Crippen molar-refractivity contribution in [1.82, 2.24) is 24.1 Å². The van der Waals surface area contributed by atoms with Crippen molar-refractivity contribution >= 4 is 34.2 Å². The van der Waals surface area contributed by atoms with Crippen molar-refractivity contribution in [3.63, 3.8) is 0 Å². The van der Waals surface area contributed by atoms with E-state index >= 15 is 0 Å². The van der Waals surface area contributed by atoms with Crippen molar-refractivity contribution < 1.29 is 28.2 Å². The molecule has 0 aliphatic carbocycles. The molecule has 6 rings (SSSR count). The third-order valence-corrected chi connectivity index (χ3v) is 10.6. The van der Waals surface area contributed by atoms with Crippen LogP contribution in [0, 0.1) is 19.8 Å². The number of carbonyl (C=O) groups is 2. The largest absolute Gasteiger partial charge is 0.497 e. The second-order valence-electron chi connectivity index (χ2n) is 13.8. The Morgan fingerprint density at radius 1 is 1.00 bits per heavy atom. The Kier molecular flexibility index (Phi) is 10.5. The third kappa shape index (κ3) is 7.21. The number of aliphatic carboxylic acids is 1. The molecule has 1 N–H and O–H groups in total. The molecule has 4 heterocycles. The van der Waals surface area contributed by atoms with Crippen molar-refractivity contribution in [1.29, 1.82) is 0 Å². The van der Waals surface area contributed by atoms with Gasteiger partial charge in [0, 0.05) is 78.7 Å². The van der Waals surface area contributed by atoms with E-state index in [0.29, 0.717) is 92.1 Å². The molecule has 0 atom stereocenters. The maximum absolute atomic E-state index is 14.9. The van der Waals surface area contributed by atoms with E-state index in [2.05, 4.69) is 5.10 Å². The predicted molar refractivity (Wildman–Crippen MR) is 192 cm³/mol. The van der Waals surface area contributed by atoms with Gasteiger partial charge < -0.3 is 24.2 Å². The Labute approximate surface area is 296 Å². The lowest BCUT2D eigenvalue weighted by atomic mass is 9.94. The first-order chi connectivity index (χ1) is 24.4. The lowest BCUT2D eigenvalue weighted by Gasteiger charge is -2.37. The van der Waals surface area contributed by atoms with Gasteiger partial charge in [-0.15, -0.1) is 0 Å². The van der Waals surface area contributed by atoms with Crippen LogP contribution in [-0.4, -0.2) is 87.5 Å². The fourth-order valence-corrected chi connectivity index (χ4v) is 7.74. The molecule has 13 heteroatoms. The second kappa shape index (κ2) is 14.8. The number of hydrogen-bond donors (Lipinski definition) is 1. The van der Waals surface area contributed by atoms with E-state index < -0.39 is 12.4 Å². The molecule has 0 radical (unpaired) electrons. The second-order valence-corrected chi connectivity index (χ2v) is 13.8. The molecule has 2 aliphatic heterocycles. The summed E-state index contributed by atoms with van der Waals surface area (Å²) in [5.41, 5.74) is 4.27. The first-order valence-electron chi connectivity index (χ1n) is 17.6. The number of fused-ring (bicyclic) bond motifs is 1. The van der Waals surface area contributed by atoms with E-state index in [9.17, 15) is 23.2 Å². The zero-order chi connectivity index (χ0) is 36.6. The van der Waals surface area contributed by atoms with Crippen LogP contribution in [-0.2, 0) is 16.6 Å². The van der Waals surface area contributed by atoms with E-state index in [1.54, 1.807) is 44.0 Å². The Morgan fingerprint density at radius 3 is 2.33 bits per heavy atom. The molecular formula is C38H46F2N6O5. The monoisotopic (exact) mass is 704 g/mol. The number of nitrogens with zero attached hydrogens (tertiary/aromatic N) is 6. The number of methoxy groups -OCH3 is 1. The Hall–Kier alpha value is -4.78. The van der Waals surface area contributed by atoms with Gasteiger partial charge in [0.15, 0.2) is 0 Å². The molecule has 51 heavy (non-hydrogen) atoms. The van der Waals surface area contributed by atoms with Crippen LogP contribution in [0.5, 0.6) is 5.75 Å². The van der Waals surface area contributed by atoms with Crippen molar-refractivity contribution in [3.8, 4) is 16.9 Å². The van der Waals surface area contributed by atoms with Gasteiger partial charge in [0.2, 0.25) is 5.91 Å². The summed E-state index contributed by atoms with van der Waals surface area (Å²) in [6.45, 7) is 8.50. The number of ether oxygens (including phenoxy) is 1. The van der Waals surface area contributed by atoms with Crippen LogP contribution in [0.25, 0.3) is 22.0 Å². The average molecular weight is 705 g/mol. The molecular weight excluding hydrogens is 658 g/mol. The van der Waals surface area contributed by atoms with Crippen LogP contribution in [0.4, 0.5) is 20.2 Å². The zero-order valence-corrected chi connectivity index (χ0v) is 29.9. The molecule has 2 fully saturated rings. The molecule has 2 saturated heterocycles. The number of carboxylic acids is 1. The van der Waals surface area contributed by atoms with Crippen LogP contribution in [0.1, 0.15) is 61.8 Å². The molecule has 4 aromatic rings. The Bertz CT molecular complexity index is 1990. The number of piperidine rings is 2. The number of alkyl halides is 2. The first-order valence-corrected chi connectivity index (χ1v) is 17.6. The van der Waals surface area contributed by atoms with Crippen molar-refractivity contribution in [3.05, 3.63) is 69.8 Å². The molecule has 2 aliphatic rings. The van der Waals surface area contributed by atoms with Crippen LogP contribution in [0.3, 0.4) is 0 Å². The highest BCUT2D eigenvalue weighted by Crippen LogP contribution is 2.42. The molecule has 1 amide bonds. The highest BCUT2D eigenvalue weighted by Gasteiger charge is 2.32. The highest BCUT2D eigenvalue weighted by atomic mass is 19.3. The number of rotatable bonds is 10. The maximum Gasteiger partial charge on any atom is 0.317 e. The number of carboxylic acid groups (broad SMARTS) is 1. The average Bonchev–Trinajstić information content (AvgIpc) is 3.62. The molecule has 0 unspecified atom stereocenters. The van der Waals surface area contributed by atoms with Gasteiger partial charge in [0.1, 0.15) is 5.75 Å². The zero-order valence-electron chi connectivity index (χ0n) is 29.9. The van der Waals surface area contributed by atoms with Gasteiger partial charge >= 0.3 is 5.97 Å². The van der Waals surface area contributed by atoms with E-state index in [1.807, 2.05) is 57.6 Å². The van der Waals surface area contributed by atoms with Gasteiger partial charge in [-0.3, -0.25) is 24.0 Å². The molecule has 0 bridgehead atoms. The Morgan fingerprint density at radius 2 is 1.71 bits per heavy atom. The van der Waals surface area contributed by atoms with E-state index in [0.717, 1.165) is 16.6 Å². The number of aryl methyl sites for hydroxylation is 3. The lowest BCUT2D eigenvalue weighted by Crippen LogP contribution is -2.46. The van der Waals surface area contributed by atoms with Crippen LogP contribution >= 0.6 is 0 Å². The molecule has 0 spiro atoms. The van der Waals surface area contributed by atoms with Gasteiger partial charge in [-0.05, 0) is 88.9 Å². The van der Waals surface area contributed by atoms with E-state index in [1.165, 1.54) is 0 Å². The SMILES string of the molecule is CCN(c1cc(C(F)F)c(-c2cnn(C3CCN(C(=O)C4CCN(CC(=O)O)CC4)CC3)c2)cc1C)c1cc(OC)cc2c1cc(C)c(=O)n2C. The summed E-state index contributed by atoms with van der Waals surface area (Å²) in [4.78, 5) is 42.8. The van der Waals surface area contributed by atoms with Crippen LogP contribution in [0.2, 0.25) is 0 Å². The minimum absolute atomic E-state index is 0.00240. The van der Waals surface area contributed by atoms with Crippen molar-refractivity contribution in [2.75, 3.05) is 51.3 Å². The molecule has 11 nitrogen and oxygen atoms in total. The summed E-state index contributed by atoms with van der Waals surface area (Å²) >= 11 is 0. The number of likely N-dealkylation sites (tertiary alicyclic amines) is 2. The third-order valence-electron chi connectivity index (χ3n) is 10.6. The normalized spacial score (nSPS) is 16.3. The molecule has 272 valence electrons. The summed E-state index contributed by atoms with van der Waals surface area (Å²) in [6.07, 6.45) is 3.45. The van der Waals surface area contributed by atoms with Crippen LogP contribution < -0.4 is 15.2 Å². The topological polar surface area (TPSA) is 113 Å². The van der Waals surface area contributed by atoms with Gasteiger partial charge in [0.25, 0.3) is 12.0 Å². The number of carbonyl (C=O) groups excluding carboxylic acids is 1. The van der Waals surface area contributed by atoms with Crippen molar-refractivity contribution in [2.45, 2.75) is 58.9 Å². The minimum Gasteiger partial charge on any atom is -0.497 e. The van der Waals surface area contributed by atoms with E-state index in [-0.39, 0.29) is 35.5 Å². The minimum atomic E-state index is -2.74. The number of benzene rings is 2. The number of hydrogen-bond acceptors (Lipinski definition) is 7. The lowest BCUT2D eigenvalue weighted by molar-refractivity contribution is -0.140. The van der Waals surface area contributed by atoms with Gasteiger partial charge in [-0.1, -0.05) is 0 Å². The molecule has 2 aromatic carbocycles. The number of amides is 1. The molecule has 0 saturated carbocycles. The summed E-state index contributed by atoms with van der Waals surface area (Å²) in [5, 5.41) is 14.5. The summed E-state index contributed by atoms with van der Waals surface area (Å²) < 4.78 is 38.7. The standard InChI is InChI=1S/C38H46F2N6O5/c1-6-45(34-18-28(51-5)17-33-31(34)16-24(3)37(49)42(33)4)32-19-30(36(39)40)29(15-23(32)2)26-20-41-46(21-26)27-9-13-44(14-10-27)38(50)25-7-11-43(12-8-25)22-35(47)48/h15-21,25,27,36H,6-14,22H2,1-5H3,(H,47,48). The predicted octanol–water partition coefficient (Wildman–Crippen LogP) is 6.08. The first kappa shape index (κ1) is 36.0. The van der Waals surface area contributed by atoms with Gasteiger partial charge in [-0.25, -0.2) is 8.78 Å². The molecule has 2 aromatic heterocycles. The summed E-state index contributed by atoms with van der Waals surface area (Å²) in [5.74, 6) is -0.262. The number of aromatic nitrogens is 3. The summed E-state index contributed by atoms with van der Waals surface area (Å²) in [7, 11) is 3.27. The number of anilines is 2. The Balaban J connectivity index is 1.22. The fourth-order valence-electron chi connectivity index (χ4n) is 7.74. The smallest absolute Gasteiger partial charge is 0.317 e. The van der Waals surface area contributed by atoms with E-state index in [4.69, 9.17) is 9.84 Å². The fraction of sp³-hybridized carbons (Fsp3) is 0.474. The van der Waals surface area contributed by atoms with Gasteiger partial charge in [-0.2, -0.15) is 5.10 Å². The number of pyridine rings is 1. The van der Waals surface area contributed by atoms with Crippen molar-refractivity contribution in [2.24, 2.45) is 13.0 Å². The number of halogens is 2. The summed E-state index contributed by atoms with van der Waals surface area (Å²) in [6, 6.07) is 8.92. The van der Waals surface area contributed by atoms with Crippen LogP contribution in [0.15, 0.2) is 47.5 Å². The maximum atomic E-state index is 14.9. The quantitative estimate of drug-likeness (QED) is 0.211. The van der Waals surface area contributed by atoms with Gasteiger partial charge in [0.05, 0.1) is 37.1 Å². The highest BCUT2D eigenvalue weighted by molar-refractivity contribution is 5.96.